The molecule has 2 unspecified atom stereocenters. The standard InChI is InChI=1S/C6H8Cl4/c7-3-1-4(8)6(10)5(9)2-3/h3-6H,1-2H2. The molecule has 0 heterocycles. The van der Waals surface area contributed by atoms with Gasteiger partial charge in [-0.15, -0.1) is 46.4 Å². The second-order valence-corrected chi connectivity index (χ2v) is 4.79. The number of hydrogen-bond donors (Lipinski definition) is 0. The molecule has 0 aromatic rings. The fraction of sp³-hybridized carbons (Fsp3) is 1.00. The Morgan fingerprint density at radius 2 is 1.20 bits per heavy atom. The van der Waals surface area contributed by atoms with Gasteiger partial charge in [-0.1, -0.05) is 0 Å². The predicted molar refractivity (Wildman–Crippen MR) is 47.8 cm³/mol. The molecule has 60 valence electrons. The first-order valence-corrected chi connectivity index (χ1v) is 4.92. The van der Waals surface area contributed by atoms with Gasteiger partial charge in [-0.05, 0) is 12.8 Å². The Labute approximate surface area is 80.8 Å². The van der Waals surface area contributed by atoms with E-state index in [1.54, 1.807) is 0 Å². The first-order valence-electron chi connectivity index (χ1n) is 3.17. The van der Waals surface area contributed by atoms with Gasteiger partial charge in [0, 0.05) is 5.38 Å². The van der Waals surface area contributed by atoms with Crippen molar-refractivity contribution >= 4 is 46.4 Å². The maximum Gasteiger partial charge on any atom is 0.0664 e. The molecule has 0 bridgehead atoms. The minimum Gasteiger partial charge on any atom is -0.123 e. The van der Waals surface area contributed by atoms with Crippen LogP contribution in [0, 0.1) is 0 Å². The average molecular weight is 222 g/mol. The van der Waals surface area contributed by atoms with Crippen molar-refractivity contribution in [2.24, 2.45) is 0 Å². The average Bonchev–Trinajstić information content (AvgIpc) is 1.82. The summed E-state index contributed by atoms with van der Waals surface area (Å²) in [5.41, 5.74) is 0. The minimum absolute atomic E-state index is 0.0691. The van der Waals surface area contributed by atoms with E-state index < -0.39 is 0 Å². The van der Waals surface area contributed by atoms with E-state index >= 15 is 0 Å². The van der Waals surface area contributed by atoms with Gasteiger partial charge in [0.2, 0.25) is 0 Å². The summed E-state index contributed by atoms with van der Waals surface area (Å²) in [6.45, 7) is 0. The molecule has 0 amide bonds. The van der Waals surface area contributed by atoms with Gasteiger partial charge < -0.3 is 0 Å². The van der Waals surface area contributed by atoms with Gasteiger partial charge in [-0.2, -0.15) is 0 Å². The SMILES string of the molecule is ClC1CC(Cl)C(Cl)C(Cl)C1. The van der Waals surface area contributed by atoms with E-state index in [0.717, 1.165) is 12.8 Å². The highest BCUT2D eigenvalue weighted by atomic mass is 35.5. The zero-order valence-corrected chi connectivity index (χ0v) is 8.26. The zero-order chi connectivity index (χ0) is 7.72. The lowest BCUT2D eigenvalue weighted by Crippen LogP contribution is -2.35. The molecule has 0 aliphatic heterocycles. The van der Waals surface area contributed by atoms with Crippen LogP contribution in [-0.4, -0.2) is 21.5 Å². The summed E-state index contributed by atoms with van der Waals surface area (Å²) < 4.78 is 0. The number of hydrogen-bond acceptors (Lipinski definition) is 0. The third-order valence-corrected chi connectivity index (χ3v) is 3.77. The van der Waals surface area contributed by atoms with Crippen molar-refractivity contribution in [1.29, 1.82) is 0 Å². The van der Waals surface area contributed by atoms with Crippen LogP contribution < -0.4 is 0 Å². The van der Waals surface area contributed by atoms with Crippen LogP contribution in [0.3, 0.4) is 0 Å². The molecule has 1 fully saturated rings. The van der Waals surface area contributed by atoms with Gasteiger partial charge in [0.1, 0.15) is 0 Å². The fourth-order valence-electron chi connectivity index (χ4n) is 1.07. The quantitative estimate of drug-likeness (QED) is 0.552. The van der Waals surface area contributed by atoms with Gasteiger partial charge in [-0.3, -0.25) is 0 Å². The highest BCUT2D eigenvalue weighted by Crippen LogP contribution is 2.33. The van der Waals surface area contributed by atoms with Crippen LogP contribution in [0.2, 0.25) is 0 Å². The van der Waals surface area contributed by atoms with E-state index in [0.29, 0.717) is 0 Å². The van der Waals surface area contributed by atoms with Crippen LogP contribution in [0.1, 0.15) is 12.8 Å². The van der Waals surface area contributed by atoms with E-state index in [4.69, 9.17) is 46.4 Å². The molecule has 0 radical (unpaired) electrons. The Morgan fingerprint density at radius 1 is 0.800 bits per heavy atom. The molecular formula is C6H8Cl4. The van der Waals surface area contributed by atoms with Crippen molar-refractivity contribution in [3.8, 4) is 0 Å². The first kappa shape index (κ1) is 9.25. The van der Waals surface area contributed by atoms with Crippen molar-refractivity contribution in [2.75, 3.05) is 0 Å². The van der Waals surface area contributed by atoms with E-state index in [-0.39, 0.29) is 21.5 Å². The summed E-state index contributed by atoms with van der Waals surface area (Å²) in [7, 11) is 0. The summed E-state index contributed by atoms with van der Waals surface area (Å²) in [6.07, 6.45) is 1.53. The molecule has 1 rings (SSSR count). The molecule has 0 aromatic carbocycles. The summed E-state index contributed by atoms with van der Waals surface area (Å²) in [4.78, 5) is 0. The van der Waals surface area contributed by atoms with E-state index in [9.17, 15) is 0 Å². The van der Waals surface area contributed by atoms with Gasteiger partial charge in [0.15, 0.2) is 0 Å². The van der Waals surface area contributed by atoms with Gasteiger partial charge in [0.05, 0.1) is 16.1 Å². The highest BCUT2D eigenvalue weighted by Gasteiger charge is 2.33. The molecule has 10 heavy (non-hydrogen) atoms. The van der Waals surface area contributed by atoms with Crippen LogP contribution in [0.5, 0.6) is 0 Å². The zero-order valence-electron chi connectivity index (χ0n) is 5.24. The first-order chi connectivity index (χ1) is 4.61. The van der Waals surface area contributed by atoms with Crippen molar-refractivity contribution in [2.45, 2.75) is 34.3 Å². The fourth-order valence-corrected chi connectivity index (χ4v) is 2.70. The molecule has 0 aromatic heterocycles. The number of rotatable bonds is 0. The minimum atomic E-state index is -0.127. The molecule has 0 nitrogen and oxygen atoms in total. The van der Waals surface area contributed by atoms with E-state index in [1.807, 2.05) is 0 Å². The monoisotopic (exact) mass is 220 g/mol. The summed E-state index contributed by atoms with van der Waals surface area (Å²) in [5, 5.41) is -0.167. The maximum absolute atomic E-state index is 5.86. The third-order valence-electron chi connectivity index (χ3n) is 1.65. The van der Waals surface area contributed by atoms with Gasteiger partial charge in [0.25, 0.3) is 0 Å². The lowest BCUT2D eigenvalue weighted by molar-refractivity contribution is 0.531. The molecular weight excluding hydrogens is 214 g/mol. The lowest BCUT2D eigenvalue weighted by atomic mass is 9.99. The lowest BCUT2D eigenvalue weighted by Gasteiger charge is -2.29. The predicted octanol–water partition coefficient (Wildman–Crippen LogP) is 3.21. The van der Waals surface area contributed by atoms with Crippen LogP contribution in [0.25, 0.3) is 0 Å². The Bertz CT molecular complexity index is 104. The molecule has 1 aliphatic rings. The van der Waals surface area contributed by atoms with E-state index in [1.165, 1.54) is 0 Å². The molecule has 4 heteroatoms. The Balaban J connectivity index is 2.49. The highest BCUT2D eigenvalue weighted by molar-refractivity contribution is 6.36. The van der Waals surface area contributed by atoms with Gasteiger partial charge in [-0.25, -0.2) is 0 Å². The second kappa shape index (κ2) is 3.71. The third kappa shape index (κ3) is 2.07. The number of alkyl halides is 4. The van der Waals surface area contributed by atoms with Crippen molar-refractivity contribution in [3.05, 3.63) is 0 Å². The van der Waals surface area contributed by atoms with Crippen molar-refractivity contribution < 1.29 is 0 Å². The van der Waals surface area contributed by atoms with Crippen molar-refractivity contribution in [3.63, 3.8) is 0 Å². The number of halogens is 4. The van der Waals surface area contributed by atoms with E-state index in [2.05, 4.69) is 0 Å². The van der Waals surface area contributed by atoms with Gasteiger partial charge >= 0.3 is 0 Å². The molecule has 1 saturated carbocycles. The normalized spacial score (nSPS) is 49.2. The molecule has 2 atom stereocenters. The Hall–Kier alpha value is 1.16. The topological polar surface area (TPSA) is 0 Å². The van der Waals surface area contributed by atoms with Crippen LogP contribution in [0.4, 0.5) is 0 Å². The largest absolute Gasteiger partial charge is 0.123 e. The van der Waals surface area contributed by atoms with Crippen LogP contribution in [-0.2, 0) is 0 Å². The molecule has 0 spiro atoms. The second-order valence-electron chi connectivity index (χ2n) is 2.55. The molecule has 0 N–H and O–H groups in total. The maximum atomic E-state index is 5.86. The molecule has 0 saturated heterocycles. The van der Waals surface area contributed by atoms with Crippen molar-refractivity contribution in [1.82, 2.24) is 0 Å². The smallest absolute Gasteiger partial charge is 0.0664 e. The summed E-state index contributed by atoms with van der Waals surface area (Å²) >= 11 is 23.4. The summed E-state index contributed by atoms with van der Waals surface area (Å²) in [6, 6.07) is 0. The summed E-state index contributed by atoms with van der Waals surface area (Å²) in [5.74, 6) is 0. The van der Waals surface area contributed by atoms with Crippen LogP contribution >= 0.6 is 46.4 Å². The Kier molecular flexibility index (Phi) is 3.43. The molecule has 1 aliphatic carbocycles. The Morgan fingerprint density at radius 3 is 1.60 bits per heavy atom. The van der Waals surface area contributed by atoms with Crippen LogP contribution in [0.15, 0.2) is 0 Å².